The Balaban J connectivity index is 1.63. The van der Waals surface area contributed by atoms with Gasteiger partial charge >= 0.3 is 0 Å². The predicted octanol–water partition coefficient (Wildman–Crippen LogP) is 3.29. The van der Waals surface area contributed by atoms with Crippen molar-refractivity contribution in [3.63, 3.8) is 0 Å². The standard InChI is InChI=1S/C15H16ClN5S/c1-11(13-7-8-14(16)22-13)17-9-15-18-19-20-21(15)10-12-5-3-2-4-6-12/h2-8,11,17H,9-10H2,1H3/t11-/m1/s1. The van der Waals surface area contributed by atoms with Gasteiger partial charge < -0.3 is 5.32 Å². The fourth-order valence-electron chi connectivity index (χ4n) is 2.13. The topological polar surface area (TPSA) is 55.6 Å². The van der Waals surface area contributed by atoms with Crippen LogP contribution in [0.3, 0.4) is 0 Å². The van der Waals surface area contributed by atoms with Gasteiger partial charge in [0, 0.05) is 10.9 Å². The molecule has 0 aliphatic carbocycles. The van der Waals surface area contributed by atoms with Crippen molar-refractivity contribution in [1.29, 1.82) is 0 Å². The minimum Gasteiger partial charge on any atom is -0.302 e. The van der Waals surface area contributed by atoms with E-state index in [2.05, 4.69) is 39.9 Å². The van der Waals surface area contributed by atoms with Gasteiger partial charge in [-0.2, -0.15) is 0 Å². The summed E-state index contributed by atoms with van der Waals surface area (Å²) < 4.78 is 2.62. The van der Waals surface area contributed by atoms with Crippen molar-refractivity contribution in [3.05, 3.63) is 63.1 Å². The van der Waals surface area contributed by atoms with Crippen LogP contribution in [0.1, 0.15) is 29.2 Å². The van der Waals surface area contributed by atoms with E-state index in [1.807, 2.05) is 35.0 Å². The Morgan fingerprint density at radius 3 is 2.77 bits per heavy atom. The first-order valence-electron chi connectivity index (χ1n) is 7.00. The number of tetrazole rings is 1. The van der Waals surface area contributed by atoms with Gasteiger partial charge in [0.1, 0.15) is 0 Å². The number of halogens is 1. The number of hydrogen-bond donors (Lipinski definition) is 1. The molecule has 0 spiro atoms. The molecule has 0 aliphatic heterocycles. The van der Waals surface area contributed by atoms with E-state index in [-0.39, 0.29) is 6.04 Å². The minimum atomic E-state index is 0.208. The lowest BCUT2D eigenvalue weighted by atomic mass is 10.2. The second kappa shape index (κ2) is 7.00. The number of rotatable bonds is 6. The quantitative estimate of drug-likeness (QED) is 0.752. The molecular weight excluding hydrogens is 318 g/mol. The third-order valence-electron chi connectivity index (χ3n) is 3.37. The molecule has 0 radical (unpaired) electrons. The average molecular weight is 334 g/mol. The van der Waals surface area contributed by atoms with Gasteiger partial charge in [-0.25, -0.2) is 4.68 Å². The summed E-state index contributed by atoms with van der Waals surface area (Å²) in [5, 5.41) is 15.4. The molecule has 2 heterocycles. The highest BCUT2D eigenvalue weighted by Gasteiger charge is 2.11. The van der Waals surface area contributed by atoms with Crippen molar-refractivity contribution in [2.24, 2.45) is 0 Å². The van der Waals surface area contributed by atoms with Crippen LogP contribution in [0, 0.1) is 0 Å². The molecule has 7 heteroatoms. The maximum Gasteiger partial charge on any atom is 0.165 e. The van der Waals surface area contributed by atoms with Crippen LogP contribution >= 0.6 is 22.9 Å². The molecule has 3 rings (SSSR count). The Hall–Kier alpha value is -1.76. The number of thiophene rings is 1. The molecule has 0 aliphatic rings. The lowest BCUT2D eigenvalue weighted by molar-refractivity contribution is 0.533. The van der Waals surface area contributed by atoms with Gasteiger partial charge in [0.25, 0.3) is 0 Å². The largest absolute Gasteiger partial charge is 0.302 e. The zero-order chi connectivity index (χ0) is 15.4. The first kappa shape index (κ1) is 15.1. The fourth-order valence-corrected chi connectivity index (χ4v) is 3.22. The highest BCUT2D eigenvalue weighted by molar-refractivity contribution is 7.16. The first-order chi connectivity index (χ1) is 10.7. The van der Waals surface area contributed by atoms with Crippen LogP contribution in [0.25, 0.3) is 0 Å². The maximum atomic E-state index is 5.97. The zero-order valence-corrected chi connectivity index (χ0v) is 13.7. The Bertz CT molecular complexity index is 724. The van der Waals surface area contributed by atoms with E-state index in [4.69, 9.17) is 11.6 Å². The molecule has 3 aromatic rings. The van der Waals surface area contributed by atoms with Crippen molar-refractivity contribution >= 4 is 22.9 Å². The third kappa shape index (κ3) is 3.71. The molecular formula is C15H16ClN5S. The lowest BCUT2D eigenvalue weighted by Gasteiger charge is -2.11. The summed E-state index contributed by atoms with van der Waals surface area (Å²) >= 11 is 7.56. The van der Waals surface area contributed by atoms with Crippen LogP contribution in [0.2, 0.25) is 4.34 Å². The summed E-state index contributed by atoms with van der Waals surface area (Å²) in [5.41, 5.74) is 1.18. The molecule has 1 atom stereocenters. The van der Waals surface area contributed by atoms with E-state index in [1.165, 1.54) is 10.4 Å². The summed E-state index contributed by atoms with van der Waals surface area (Å²) in [6, 6.07) is 14.3. The van der Waals surface area contributed by atoms with Gasteiger partial charge in [-0.3, -0.25) is 0 Å². The molecule has 22 heavy (non-hydrogen) atoms. The summed E-state index contributed by atoms with van der Waals surface area (Å²) in [5.74, 6) is 0.818. The molecule has 1 N–H and O–H groups in total. The van der Waals surface area contributed by atoms with Gasteiger partial charge in [-0.05, 0) is 35.0 Å². The van der Waals surface area contributed by atoms with Crippen LogP contribution in [-0.2, 0) is 13.1 Å². The number of hydrogen-bond acceptors (Lipinski definition) is 5. The highest BCUT2D eigenvalue weighted by Crippen LogP contribution is 2.26. The van der Waals surface area contributed by atoms with Gasteiger partial charge in [0.2, 0.25) is 0 Å². The second-order valence-corrected chi connectivity index (χ2v) is 6.73. The summed E-state index contributed by atoms with van der Waals surface area (Å²) in [6.07, 6.45) is 0. The molecule has 0 saturated heterocycles. The number of aromatic nitrogens is 4. The van der Waals surface area contributed by atoms with E-state index in [1.54, 1.807) is 11.3 Å². The molecule has 5 nitrogen and oxygen atoms in total. The molecule has 2 aromatic heterocycles. The van der Waals surface area contributed by atoms with Gasteiger partial charge in [0.15, 0.2) is 5.82 Å². The smallest absolute Gasteiger partial charge is 0.165 e. The molecule has 0 fully saturated rings. The van der Waals surface area contributed by atoms with E-state index in [9.17, 15) is 0 Å². The SMILES string of the molecule is C[C@@H](NCc1nnnn1Cc1ccccc1)c1ccc(Cl)s1. The number of benzene rings is 1. The third-order valence-corrected chi connectivity index (χ3v) is 4.78. The molecule has 114 valence electrons. The van der Waals surface area contributed by atoms with E-state index >= 15 is 0 Å². The summed E-state index contributed by atoms with van der Waals surface area (Å²) in [7, 11) is 0. The van der Waals surface area contributed by atoms with Crippen molar-refractivity contribution < 1.29 is 0 Å². The Kier molecular flexibility index (Phi) is 4.82. The van der Waals surface area contributed by atoms with Crippen LogP contribution in [-0.4, -0.2) is 20.2 Å². The van der Waals surface area contributed by atoms with Crippen molar-refractivity contribution in [2.45, 2.75) is 26.1 Å². The first-order valence-corrected chi connectivity index (χ1v) is 8.19. The van der Waals surface area contributed by atoms with E-state index < -0.39 is 0 Å². The average Bonchev–Trinajstić information content (AvgIpc) is 3.15. The molecule has 0 saturated carbocycles. The highest BCUT2D eigenvalue weighted by atomic mass is 35.5. The van der Waals surface area contributed by atoms with Crippen molar-refractivity contribution in [3.8, 4) is 0 Å². The van der Waals surface area contributed by atoms with Gasteiger partial charge in [-0.15, -0.1) is 16.4 Å². The summed E-state index contributed by atoms with van der Waals surface area (Å²) in [4.78, 5) is 1.20. The number of nitrogens with zero attached hydrogens (tertiary/aromatic N) is 4. The molecule has 0 bridgehead atoms. The van der Waals surface area contributed by atoms with Crippen LogP contribution in [0.15, 0.2) is 42.5 Å². The Morgan fingerprint density at radius 2 is 2.05 bits per heavy atom. The van der Waals surface area contributed by atoms with Crippen LogP contribution in [0.5, 0.6) is 0 Å². The zero-order valence-electron chi connectivity index (χ0n) is 12.1. The maximum absolute atomic E-state index is 5.97. The van der Waals surface area contributed by atoms with E-state index in [0.29, 0.717) is 13.1 Å². The van der Waals surface area contributed by atoms with Crippen molar-refractivity contribution in [1.82, 2.24) is 25.5 Å². The lowest BCUT2D eigenvalue weighted by Crippen LogP contribution is -2.20. The fraction of sp³-hybridized carbons (Fsp3) is 0.267. The van der Waals surface area contributed by atoms with Gasteiger partial charge in [0.05, 0.1) is 17.4 Å². The molecule has 0 amide bonds. The normalized spacial score (nSPS) is 12.5. The van der Waals surface area contributed by atoms with Crippen LogP contribution < -0.4 is 5.32 Å². The van der Waals surface area contributed by atoms with E-state index in [0.717, 1.165) is 10.2 Å². The minimum absolute atomic E-state index is 0.208. The predicted molar refractivity (Wildman–Crippen MR) is 87.9 cm³/mol. The second-order valence-electron chi connectivity index (χ2n) is 4.98. The Morgan fingerprint density at radius 1 is 1.23 bits per heavy atom. The van der Waals surface area contributed by atoms with Gasteiger partial charge in [-0.1, -0.05) is 41.9 Å². The number of nitrogens with one attached hydrogen (secondary N) is 1. The van der Waals surface area contributed by atoms with Crippen LogP contribution in [0.4, 0.5) is 0 Å². The molecule has 0 unspecified atom stereocenters. The molecule has 1 aromatic carbocycles. The summed E-state index contributed by atoms with van der Waals surface area (Å²) in [6.45, 7) is 3.38. The Labute approximate surface area is 137 Å². The monoisotopic (exact) mass is 333 g/mol. The van der Waals surface area contributed by atoms with Crippen molar-refractivity contribution in [2.75, 3.05) is 0 Å².